The van der Waals surface area contributed by atoms with Crippen LogP contribution in [-0.4, -0.2) is 0 Å². The highest BCUT2D eigenvalue weighted by Crippen LogP contribution is 2.65. The molecule has 21 rings (SSSR count). The van der Waals surface area contributed by atoms with E-state index in [2.05, 4.69) is 330 Å². The summed E-state index contributed by atoms with van der Waals surface area (Å²) in [5, 5.41) is 7.50. The first-order valence-electron chi connectivity index (χ1n) is 57.2. The van der Waals surface area contributed by atoms with Crippen LogP contribution >= 0.6 is 0 Å². The van der Waals surface area contributed by atoms with Gasteiger partial charge in [0.25, 0.3) is 0 Å². The van der Waals surface area contributed by atoms with E-state index in [1.165, 1.54) is 404 Å². The van der Waals surface area contributed by atoms with Crippen molar-refractivity contribution in [1.29, 1.82) is 0 Å². The van der Waals surface area contributed by atoms with Crippen molar-refractivity contribution < 1.29 is 8.83 Å². The highest BCUT2D eigenvalue weighted by Gasteiger charge is 2.51. The number of furan rings is 2. The van der Waals surface area contributed by atoms with Crippen molar-refractivity contribution in [2.75, 3.05) is 0 Å². The fourth-order valence-electron chi connectivity index (χ4n) is 28.3. The minimum atomic E-state index is -0.314. The van der Waals surface area contributed by atoms with Crippen molar-refractivity contribution in [2.24, 2.45) is 0 Å². The van der Waals surface area contributed by atoms with Crippen molar-refractivity contribution in [3.63, 3.8) is 0 Å². The van der Waals surface area contributed by atoms with Gasteiger partial charge in [-0.1, -0.05) is 494 Å². The monoisotopic (exact) mass is 1870 g/mol. The molecular formula is C140H158O2. The van der Waals surface area contributed by atoms with Crippen LogP contribution in [0.4, 0.5) is 0 Å². The Balaban J connectivity index is 0.678. The van der Waals surface area contributed by atoms with Gasteiger partial charge in [-0.2, -0.15) is 0 Å². The van der Waals surface area contributed by atoms with Crippen LogP contribution in [0.5, 0.6) is 0 Å². The molecule has 2 aromatic heterocycles. The molecule has 2 heterocycles. The predicted molar refractivity (Wildman–Crippen MR) is 610 cm³/mol. The SMILES string of the molecule is CCCCCCCCC1(CCCCCCCC)c2cc(C(Cc3ccc(-c4ccc5c(c4)C(C)(C)c4cc(-c6ccc7c(c6)C(CCCCCCC)(CCCCCCC)c6ccccc6-7)ccc4-5)cc3)Cc3ccc4c(c3)C(C)(C)c3cc(-c5cccc6ccccc56)c5oc6ccccc6c5c3-4)ccc2-c2cc3c(cc21)-c1c(ccc2oc4ccccc4c12)C3(CCCCCCCC)CCCCCCCC. The Labute approximate surface area is 851 Å². The molecule has 2 nitrogen and oxygen atoms in total. The topological polar surface area (TPSA) is 26.3 Å². The number of rotatable bonds is 48. The molecule has 1 unspecified atom stereocenters. The molecule has 0 saturated carbocycles. The van der Waals surface area contributed by atoms with E-state index in [-0.39, 0.29) is 33.0 Å². The summed E-state index contributed by atoms with van der Waals surface area (Å²) in [5.41, 5.74) is 44.6. The smallest absolute Gasteiger partial charge is 0.143 e. The quantitative estimate of drug-likeness (QED) is 0.0355. The maximum atomic E-state index is 7.18. The van der Waals surface area contributed by atoms with E-state index in [0.29, 0.717) is 0 Å². The molecule has 16 aromatic rings. The van der Waals surface area contributed by atoms with Gasteiger partial charge in [-0.3, -0.25) is 0 Å². The van der Waals surface area contributed by atoms with Crippen LogP contribution in [0.15, 0.2) is 270 Å². The number of hydrogen-bond donors (Lipinski definition) is 0. The number of para-hydroxylation sites is 2. The molecule has 1 atom stereocenters. The number of unbranched alkanes of at least 4 members (excludes halogenated alkanes) is 28. The molecule has 0 saturated heterocycles. The second kappa shape index (κ2) is 42.3. The third-order valence-corrected chi connectivity index (χ3v) is 36.0. The third kappa shape index (κ3) is 17.9. The summed E-state index contributed by atoms with van der Waals surface area (Å²) in [6.45, 7) is 24.2. The van der Waals surface area contributed by atoms with Gasteiger partial charge < -0.3 is 8.83 Å². The minimum Gasteiger partial charge on any atom is -0.456 e. The lowest BCUT2D eigenvalue weighted by molar-refractivity contribution is 0.394. The summed E-state index contributed by atoms with van der Waals surface area (Å²) in [7, 11) is 0. The fraction of sp³-hybridized carbons (Fsp3) is 0.414. The molecule has 0 bridgehead atoms. The summed E-state index contributed by atoms with van der Waals surface area (Å²) < 4.78 is 14.2. The normalized spacial score (nSPS) is 15.0. The van der Waals surface area contributed by atoms with Gasteiger partial charge in [0.2, 0.25) is 0 Å². The molecule has 5 aliphatic rings. The molecule has 5 aliphatic carbocycles. The molecule has 0 aliphatic heterocycles. The Kier molecular flexibility index (Phi) is 28.9. The summed E-state index contributed by atoms with van der Waals surface area (Å²) in [4.78, 5) is 0. The molecular weight excluding hydrogens is 1710 g/mol. The largest absolute Gasteiger partial charge is 0.456 e. The van der Waals surface area contributed by atoms with E-state index in [9.17, 15) is 0 Å². The summed E-state index contributed by atoms with van der Waals surface area (Å²) in [6.07, 6.45) is 52.9. The fourth-order valence-corrected chi connectivity index (χ4v) is 28.3. The van der Waals surface area contributed by atoms with E-state index in [1.54, 1.807) is 33.4 Å². The van der Waals surface area contributed by atoms with Crippen molar-refractivity contribution >= 4 is 54.6 Å². The van der Waals surface area contributed by atoms with Gasteiger partial charge in [0.1, 0.15) is 22.3 Å². The lowest BCUT2D eigenvalue weighted by Crippen LogP contribution is -2.27. The second-order valence-electron chi connectivity index (χ2n) is 45.8. The summed E-state index contributed by atoms with van der Waals surface area (Å²) in [6, 6.07) is 105. The molecule has 2 heteroatoms. The lowest BCUT2D eigenvalue weighted by Gasteiger charge is -2.35. The summed E-state index contributed by atoms with van der Waals surface area (Å²) in [5.74, 6) is 0.162. The van der Waals surface area contributed by atoms with Crippen molar-refractivity contribution in [2.45, 2.75) is 372 Å². The Morgan fingerprint density at radius 1 is 0.218 bits per heavy atom. The second-order valence-corrected chi connectivity index (χ2v) is 45.8. The van der Waals surface area contributed by atoms with Gasteiger partial charge in [0, 0.05) is 54.2 Å². The Morgan fingerprint density at radius 3 is 1.18 bits per heavy atom. The minimum absolute atomic E-state index is 0.0375. The first kappa shape index (κ1) is 97.0. The van der Waals surface area contributed by atoms with Gasteiger partial charge in [0.05, 0.1) is 0 Å². The summed E-state index contributed by atoms with van der Waals surface area (Å²) >= 11 is 0. The maximum Gasteiger partial charge on any atom is 0.143 e. The van der Waals surface area contributed by atoms with Crippen molar-refractivity contribution in [3.05, 3.63) is 333 Å². The van der Waals surface area contributed by atoms with Crippen LogP contribution in [-0.2, 0) is 39.9 Å². The lowest BCUT2D eigenvalue weighted by atomic mass is 9.68. The van der Waals surface area contributed by atoms with E-state index in [4.69, 9.17) is 8.83 Å². The third-order valence-electron chi connectivity index (χ3n) is 36.0. The van der Waals surface area contributed by atoms with Crippen LogP contribution in [0, 0.1) is 0 Å². The van der Waals surface area contributed by atoms with Gasteiger partial charge in [0.15, 0.2) is 0 Å². The number of fused-ring (bicyclic) bond motifs is 24. The van der Waals surface area contributed by atoms with Gasteiger partial charge in [-0.15, -0.1) is 0 Å². The van der Waals surface area contributed by atoms with Crippen LogP contribution in [0.25, 0.3) is 144 Å². The van der Waals surface area contributed by atoms with Crippen LogP contribution in [0.2, 0.25) is 0 Å². The zero-order valence-electron chi connectivity index (χ0n) is 87.9. The Bertz CT molecular complexity index is 7170. The zero-order chi connectivity index (χ0) is 97.1. The number of hydrogen-bond acceptors (Lipinski definition) is 2. The Morgan fingerprint density at radius 2 is 0.592 bits per heavy atom. The predicted octanol–water partition coefficient (Wildman–Crippen LogP) is 42.3. The average molecular weight is 1870 g/mol. The van der Waals surface area contributed by atoms with E-state index >= 15 is 0 Å². The molecule has 0 spiro atoms. The molecule has 14 aromatic carbocycles. The van der Waals surface area contributed by atoms with E-state index < -0.39 is 0 Å². The van der Waals surface area contributed by atoms with E-state index in [0.717, 1.165) is 48.0 Å². The molecule has 730 valence electrons. The van der Waals surface area contributed by atoms with Gasteiger partial charge in [-0.05, 0) is 278 Å². The Hall–Kier alpha value is -11.1. The molecule has 0 radical (unpaired) electrons. The molecule has 0 amide bonds. The van der Waals surface area contributed by atoms with Crippen LogP contribution in [0.1, 0.15) is 404 Å². The highest BCUT2D eigenvalue weighted by molar-refractivity contribution is 6.20. The average Bonchev–Trinajstić information content (AvgIpc) is 1.51. The highest BCUT2D eigenvalue weighted by atomic mass is 16.3. The van der Waals surface area contributed by atoms with Crippen LogP contribution in [0.3, 0.4) is 0 Å². The first-order valence-corrected chi connectivity index (χ1v) is 57.2. The molecule has 0 fully saturated rings. The molecule has 0 N–H and O–H groups in total. The van der Waals surface area contributed by atoms with Gasteiger partial charge >= 0.3 is 0 Å². The molecule has 142 heavy (non-hydrogen) atoms. The standard InChI is InChI=1S/C140H158O2/c1-11-17-23-29-35-49-82-139(83-50-36-30-24-18-12-2)119-78-79-130-133(113-58-42-45-62-128(113)141-130)132(119)117-95-125-115(93-126(117)139)111-77-72-103(92-124(111)140(125,84-51-37-31-25-19-13-3)85-52-38-32-26-20-14-4)104(87-97-66-73-112-120(88-97)137(9,10)127-94-116(106-60-53-55-99-54-39-40-56-105(99)106)135-134(131(112)127)114-59-43-46-63-129(114)142-135)86-96-64-67-98(68-65-96)100-69-74-108-109-75-70-101(90-122(109)136(7,8)121(108)89-100)102-71-76-110-107-57-41-44-61-118(107)138(123(110)91-102,80-47-33-27-21-15-5)81-48-34-28-22-16-6/h39-46,53-79,88-95,104H,11-38,47-52,80-87H2,1-10H3. The van der Waals surface area contributed by atoms with Crippen LogP contribution < -0.4 is 0 Å². The zero-order valence-corrected chi connectivity index (χ0v) is 87.9. The van der Waals surface area contributed by atoms with Crippen molar-refractivity contribution in [3.8, 4) is 89.0 Å². The van der Waals surface area contributed by atoms with Gasteiger partial charge in [-0.25, -0.2) is 0 Å². The van der Waals surface area contributed by atoms with E-state index in [1.807, 2.05) is 0 Å². The number of benzene rings is 14. The maximum absolute atomic E-state index is 7.18. The first-order chi connectivity index (χ1) is 69.7. The van der Waals surface area contributed by atoms with Crippen molar-refractivity contribution in [1.82, 2.24) is 0 Å².